The molecule has 0 heterocycles. The number of halogens is 2. The first kappa shape index (κ1) is 17.5. The zero-order valence-electron chi connectivity index (χ0n) is 12.3. The standard InChI is InChI=1S/C16H15Cl2N3OS/c1-10(13-7-12(17)8-14(18)15(13)22)20-21-16(23)19-9-11-5-3-2-4-6-11/h2-8,22H,9H2,1H3,(H2,19,21,23)/b20-10+. The molecule has 0 fully saturated rings. The molecule has 0 radical (unpaired) electrons. The molecular weight excluding hydrogens is 353 g/mol. The zero-order valence-corrected chi connectivity index (χ0v) is 14.6. The molecule has 120 valence electrons. The van der Waals surface area contributed by atoms with Crippen molar-refractivity contribution in [3.05, 3.63) is 63.6 Å². The Kier molecular flexibility index (Phi) is 6.21. The molecule has 7 heteroatoms. The van der Waals surface area contributed by atoms with Gasteiger partial charge in [-0.1, -0.05) is 53.5 Å². The molecule has 0 saturated carbocycles. The molecule has 3 N–H and O–H groups in total. The Bertz CT molecular complexity index is 736. The van der Waals surface area contributed by atoms with E-state index in [2.05, 4.69) is 15.8 Å². The molecule has 0 atom stereocenters. The summed E-state index contributed by atoms with van der Waals surface area (Å²) in [6, 6.07) is 12.9. The number of hydrogen-bond acceptors (Lipinski definition) is 3. The smallest absolute Gasteiger partial charge is 0.187 e. The summed E-state index contributed by atoms with van der Waals surface area (Å²) in [6.07, 6.45) is 0. The lowest BCUT2D eigenvalue weighted by molar-refractivity contribution is 0.474. The summed E-state index contributed by atoms with van der Waals surface area (Å²) in [6.45, 7) is 2.31. The normalized spacial score (nSPS) is 11.2. The van der Waals surface area contributed by atoms with Gasteiger partial charge in [0.1, 0.15) is 5.75 Å². The van der Waals surface area contributed by atoms with E-state index in [0.717, 1.165) is 5.56 Å². The van der Waals surface area contributed by atoms with Gasteiger partial charge < -0.3 is 10.4 Å². The maximum atomic E-state index is 9.96. The van der Waals surface area contributed by atoms with Gasteiger partial charge in [0, 0.05) is 17.1 Å². The number of nitrogens with zero attached hydrogens (tertiary/aromatic N) is 1. The van der Waals surface area contributed by atoms with Crippen molar-refractivity contribution >= 4 is 46.2 Å². The maximum absolute atomic E-state index is 9.96. The Balaban J connectivity index is 1.98. The number of hydrogen-bond donors (Lipinski definition) is 3. The number of rotatable bonds is 4. The van der Waals surface area contributed by atoms with Crippen LogP contribution >= 0.6 is 35.4 Å². The first-order valence-corrected chi connectivity index (χ1v) is 7.94. The van der Waals surface area contributed by atoms with Crippen LogP contribution in [0.3, 0.4) is 0 Å². The van der Waals surface area contributed by atoms with Crippen molar-refractivity contribution in [1.29, 1.82) is 0 Å². The van der Waals surface area contributed by atoms with E-state index in [9.17, 15) is 5.11 Å². The van der Waals surface area contributed by atoms with Crippen molar-refractivity contribution in [3.8, 4) is 5.75 Å². The number of thiocarbonyl (C=S) groups is 1. The van der Waals surface area contributed by atoms with Crippen LogP contribution in [0.25, 0.3) is 0 Å². The van der Waals surface area contributed by atoms with E-state index in [4.69, 9.17) is 35.4 Å². The predicted molar refractivity (Wildman–Crippen MR) is 99.4 cm³/mol. The van der Waals surface area contributed by atoms with Gasteiger partial charge in [-0.25, -0.2) is 0 Å². The molecule has 0 spiro atoms. The van der Waals surface area contributed by atoms with E-state index in [1.54, 1.807) is 13.0 Å². The summed E-state index contributed by atoms with van der Waals surface area (Å²) in [7, 11) is 0. The van der Waals surface area contributed by atoms with Crippen LogP contribution in [-0.4, -0.2) is 15.9 Å². The van der Waals surface area contributed by atoms with Crippen molar-refractivity contribution in [2.24, 2.45) is 5.10 Å². The molecule has 0 aliphatic carbocycles. The molecule has 2 rings (SSSR count). The molecule has 0 unspecified atom stereocenters. The van der Waals surface area contributed by atoms with Gasteiger partial charge in [0.25, 0.3) is 0 Å². The van der Waals surface area contributed by atoms with Crippen LogP contribution in [0.2, 0.25) is 10.0 Å². The van der Waals surface area contributed by atoms with Crippen LogP contribution in [0, 0.1) is 0 Å². The minimum absolute atomic E-state index is 0.0673. The Morgan fingerprint density at radius 3 is 2.61 bits per heavy atom. The molecule has 0 aromatic heterocycles. The highest BCUT2D eigenvalue weighted by atomic mass is 35.5. The van der Waals surface area contributed by atoms with Gasteiger partial charge in [-0.2, -0.15) is 5.10 Å². The summed E-state index contributed by atoms with van der Waals surface area (Å²) < 4.78 is 0. The number of phenols is 1. The van der Waals surface area contributed by atoms with E-state index in [0.29, 0.717) is 28.0 Å². The number of aromatic hydroxyl groups is 1. The lowest BCUT2D eigenvalue weighted by Gasteiger charge is -2.09. The zero-order chi connectivity index (χ0) is 16.8. The molecule has 0 saturated heterocycles. The minimum Gasteiger partial charge on any atom is -0.506 e. The van der Waals surface area contributed by atoms with E-state index in [-0.39, 0.29) is 10.8 Å². The van der Waals surface area contributed by atoms with E-state index in [1.165, 1.54) is 6.07 Å². The number of phenolic OH excluding ortho intramolecular Hbond substituents is 1. The van der Waals surface area contributed by atoms with E-state index >= 15 is 0 Å². The van der Waals surface area contributed by atoms with Crippen molar-refractivity contribution < 1.29 is 5.11 Å². The molecular formula is C16H15Cl2N3OS. The Labute approximate surface area is 150 Å². The van der Waals surface area contributed by atoms with Crippen LogP contribution in [0.1, 0.15) is 18.1 Å². The average Bonchev–Trinajstić information content (AvgIpc) is 2.55. The van der Waals surface area contributed by atoms with Gasteiger partial charge in [-0.3, -0.25) is 5.43 Å². The molecule has 0 aliphatic heterocycles. The number of benzene rings is 2. The highest BCUT2D eigenvalue weighted by Gasteiger charge is 2.10. The Morgan fingerprint density at radius 1 is 1.22 bits per heavy atom. The molecule has 2 aromatic carbocycles. The maximum Gasteiger partial charge on any atom is 0.187 e. The van der Waals surface area contributed by atoms with Gasteiger partial charge in [-0.05, 0) is 36.8 Å². The first-order valence-electron chi connectivity index (χ1n) is 6.78. The van der Waals surface area contributed by atoms with Crippen LogP contribution in [0.15, 0.2) is 47.6 Å². The molecule has 0 amide bonds. The third-order valence-electron chi connectivity index (χ3n) is 3.04. The second-order valence-corrected chi connectivity index (χ2v) is 6.01. The molecule has 23 heavy (non-hydrogen) atoms. The molecule has 4 nitrogen and oxygen atoms in total. The summed E-state index contributed by atoms with van der Waals surface area (Å²) in [5.41, 5.74) is 4.79. The van der Waals surface area contributed by atoms with Crippen LogP contribution in [0.4, 0.5) is 0 Å². The van der Waals surface area contributed by atoms with E-state index in [1.807, 2.05) is 30.3 Å². The summed E-state index contributed by atoms with van der Waals surface area (Å²) >= 11 is 17.0. The minimum atomic E-state index is -0.0673. The third-order valence-corrected chi connectivity index (χ3v) is 3.78. The van der Waals surface area contributed by atoms with Gasteiger partial charge in [-0.15, -0.1) is 0 Å². The fourth-order valence-corrected chi connectivity index (χ4v) is 2.47. The number of hydrazone groups is 1. The predicted octanol–water partition coefficient (Wildman–Crippen LogP) is 4.09. The van der Waals surface area contributed by atoms with Gasteiger partial charge in [0.05, 0.1) is 10.7 Å². The Morgan fingerprint density at radius 2 is 1.91 bits per heavy atom. The van der Waals surface area contributed by atoms with Crippen LogP contribution in [0.5, 0.6) is 5.75 Å². The third kappa shape index (κ3) is 5.10. The average molecular weight is 368 g/mol. The summed E-state index contributed by atoms with van der Waals surface area (Å²) in [4.78, 5) is 0. The lowest BCUT2D eigenvalue weighted by Crippen LogP contribution is -2.32. The molecule has 2 aromatic rings. The second-order valence-electron chi connectivity index (χ2n) is 4.76. The summed E-state index contributed by atoms with van der Waals surface area (Å²) in [5, 5.41) is 18.1. The summed E-state index contributed by atoms with van der Waals surface area (Å²) in [5.74, 6) is -0.0673. The fourth-order valence-electron chi connectivity index (χ4n) is 1.85. The first-order chi connectivity index (χ1) is 11.0. The lowest BCUT2D eigenvalue weighted by atomic mass is 10.1. The largest absolute Gasteiger partial charge is 0.506 e. The van der Waals surface area contributed by atoms with Gasteiger partial charge in [0.2, 0.25) is 0 Å². The number of nitrogens with one attached hydrogen (secondary N) is 2. The SMILES string of the molecule is C/C(=N\NC(=S)NCc1ccccc1)c1cc(Cl)cc(Cl)c1O. The highest BCUT2D eigenvalue weighted by Crippen LogP contribution is 2.31. The van der Waals surface area contributed by atoms with Crippen molar-refractivity contribution in [3.63, 3.8) is 0 Å². The topological polar surface area (TPSA) is 56.7 Å². The van der Waals surface area contributed by atoms with Crippen molar-refractivity contribution in [1.82, 2.24) is 10.7 Å². The molecule has 0 bridgehead atoms. The molecule has 0 aliphatic rings. The van der Waals surface area contributed by atoms with E-state index < -0.39 is 0 Å². The van der Waals surface area contributed by atoms with Gasteiger partial charge >= 0.3 is 0 Å². The van der Waals surface area contributed by atoms with Crippen molar-refractivity contribution in [2.75, 3.05) is 0 Å². The second kappa shape index (κ2) is 8.15. The monoisotopic (exact) mass is 367 g/mol. The van der Waals surface area contributed by atoms with Crippen LogP contribution in [-0.2, 0) is 6.54 Å². The Hall–Kier alpha value is -1.82. The van der Waals surface area contributed by atoms with Gasteiger partial charge in [0.15, 0.2) is 5.11 Å². The highest BCUT2D eigenvalue weighted by molar-refractivity contribution is 7.80. The van der Waals surface area contributed by atoms with Crippen molar-refractivity contribution in [2.45, 2.75) is 13.5 Å². The fraction of sp³-hybridized carbons (Fsp3) is 0.125. The quantitative estimate of drug-likeness (QED) is 0.432. The van der Waals surface area contributed by atoms with Crippen LogP contribution < -0.4 is 10.7 Å².